The van der Waals surface area contributed by atoms with Gasteiger partial charge in [-0.1, -0.05) is 25.1 Å². The number of benzene rings is 1. The van der Waals surface area contributed by atoms with Crippen LogP contribution < -0.4 is 9.47 Å². The number of methoxy groups -OCH3 is 1. The largest absolute Gasteiger partial charge is 0.493 e. The monoisotopic (exact) mass is 444 g/mol. The van der Waals surface area contributed by atoms with Crippen molar-refractivity contribution in [2.75, 3.05) is 39.9 Å². The summed E-state index contributed by atoms with van der Waals surface area (Å²) in [6.07, 6.45) is 2.81. The smallest absolute Gasteiger partial charge is 0.237 e. The van der Waals surface area contributed by atoms with Crippen LogP contribution in [0.5, 0.6) is 11.5 Å². The Kier molecular flexibility index (Phi) is 8.51. The molecule has 2 aromatic rings. The topological polar surface area (TPSA) is 62.2 Å². The van der Waals surface area contributed by atoms with Gasteiger partial charge in [-0.25, -0.2) is 0 Å². The first-order chi connectivity index (χ1) is 15.1. The number of nitrogens with zero attached hydrogens (tertiary/aromatic N) is 2. The third-order valence-corrected chi connectivity index (χ3v) is 6.56. The minimum atomic E-state index is -0.456. The quantitative estimate of drug-likeness (QED) is 0.538. The van der Waals surface area contributed by atoms with Crippen molar-refractivity contribution in [3.8, 4) is 11.5 Å². The van der Waals surface area contributed by atoms with Gasteiger partial charge in [-0.05, 0) is 42.0 Å². The SMILES string of the molecule is C=CCN(CC(=O)N1CCc2sccc2[C@H]1COc1ccccc1OC)C[C@H](O)CC. The maximum Gasteiger partial charge on any atom is 0.237 e. The lowest BCUT2D eigenvalue weighted by atomic mass is 10.0. The molecule has 1 amide bonds. The summed E-state index contributed by atoms with van der Waals surface area (Å²) in [5.41, 5.74) is 1.16. The van der Waals surface area contributed by atoms with E-state index in [-0.39, 0.29) is 18.5 Å². The van der Waals surface area contributed by atoms with Crippen molar-refractivity contribution >= 4 is 17.2 Å². The second-order valence-electron chi connectivity index (χ2n) is 7.66. The average molecular weight is 445 g/mol. The van der Waals surface area contributed by atoms with Gasteiger partial charge in [0, 0.05) is 24.5 Å². The summed E-state index contributed by atoms with van der Waals surface area (Å²) in [7, 11) is 1.62. The predicted molar refractivity (Wildman–Crippen MR) is 124 cm³/mol. The van der Waals surface area contributed by atoms with E-state index in [0.717, 1.165) is 12.0 Å². The molecule has 7 heteroatoms. The maximum absolute atomic E-state index is 13.3. The molecule has 0 spiro atoms. The Balaban J connectivity index is 1.75. The Labute approximate surface area is 188 Å². The summed E-state index contributed by atoms with van der Waals surface area (Å²) >= 11 is 1.73. The van der Waals surface area contributed by atoms with Crippen molar-refractivity contribution < 1.29 is 19.4 Å². The molecule has 168 valence electrons. The molecule has 6 nitrogen and oxygen atoms in total. The third-order valence-electron chi connectivity index (χ3n) is 5.57. The Bertz CT molecular complexity index is 869. The van der Waals surface area contributed by atoms with Crippen LogP contribution in [-0.4, -0.2) is 66.8 Å². The van der Waals surface area contributed by atoms with Crippen LogP contribution in [0.2, 0.25) is 0 Å². The van der Waals surface area contributed by atoms with Gasteiger partial charge in [-0.3, -0.25) is 9.69 Å². The molecule has 0 bridgehead atoms. The van der Waals surface area contributed by atoms with Crippen LogP contribution in [0.25, 0.3) is 0 Å². The van der Waals surface area contributed by atoms with Gasteiger partial charge in [0.1, 0.15) is 6.61 Å². The highest BCUT2D eigenvalue weighted by Gasteiger charge is 2.33. The Morgan fingerprint density at radius 1 is 1.39 bits per heavy atom. The molecule has 1 aromatic carbocycles. The van der Waals surface area contributed by atoms with Crippen molar-refractivity contribution in [2.24, 2.45) is 0 Å². The molecule has 0 radical (unpaired) electrons. The lowest BCUT2D eigenvalue weighted by molar-refractivity contribution is -0.136. The van der Waals surface area contributed by atoms with E-state index in [2.05, 4.69) is 18.0 Å². The predicted octanol–water partition coefficient (Wildman–Crippen LogP) is 3.52. The fourth-order valence-corrected chi connectivity index (χ4v) is 4.81. The van der Waals surface area contributed by atoms with Crippen LogP contribution in [0, 0.1) is 0 Å². The zero-order chi connectivity index (χ0) is 22.2. The fraction of sp³-hybridized carbons (Fsp3) is 0.458. The molecule has 3 rings (SSSR count). The molecule has 31 heavy (non-hydrogen) atoms. The number of ether oxygens (including phenoxy) is 2. The van der Waals surface area contributed by atoms with Gasteiger partial charge in [0.15, 0.2) is 11.5 Å². The molecule has 1 aromatic heterocycles. The summed E-state index contributed by atoms with van der Waals surface area (Å²) in [6.45, 7) is 8.00. The van der Waals surface area contributed by atoms with Crippen molar-refractivity contribution in [3.05, 3.63) is 58.8 Å². The third kappa shape index (κ3) is 5.87. The summed E-state index contributed by atoms with van der Waals surface area (Å²) < 4.78 is 11.5. The van der Waals surface area contributed by atoms with E-state index in [0.29, 0.717) is 44.2 Å². The van der Waals surface area contributed by atoms with Gasteiger partial charge in [0.25, 0.3) is 0 Å². The summed E-state index contributed by atoms with van der Waals surface area (Å²) in [5, 5.41) is 12.1. The standard InChI is InChI=1S/C24H32N2O4S/c1-4-12-25(15-18(27)5-2)16-24(28)26-13-10-23-19(11-14-31-23)20(26)17-30-22-9-7-6-8-21(22)29-3/h4,6-9,11,14,18,20,27H,1,5,10,12-13,15-17H2,2-3H3/t18-,20-/m1/s1. The molecule has 1 aliphatic heterocycles. The van der Waals surface area contributed by atoms with E-state index in [4.69, 9.17) is 9.47 Å². The van der Waals surface area contributed by atoms with Crippen LogP contribution >= 0.6 is 11.3 Å². The zero-order valence-corrected chi connectivity index (χ0v) is 19.1. The number of hydrogen-bond acceptors (Lipinski definition) is 6. The van der Waals surface area contributed by atoms with Crippen molar-refractivity contribution in [3.63, 3.8) is 0 Å². The number of carbonyl (C=O) groups is 1. The van der Waals surface area contributed by atoms with Crippen LogP contribution in [0.15, 0.2) is 48.4 Å². The fourth-order valence-electron chi connectivity index (χ4n) is 3.88. The van der Waals surface area contributed by atoms with Crippen LogP contribution in [-0.2, 0) is 11.2 Å². The minimum Gasteiger partial charge on any atom is -0.493 e. The Morgan fingerprint density at radius 2 is 2.16 bits per heavy atom. The van der Waals surface area contributed by atoms with E-state index in [9.17, 15) is 9.90 Å². The lowest BCUT2D eigenvalue weighted by Crippen LogP contribution is -2.47. The van der Waals surface area contributed by atoms with E-state index in [1.54, 1.807) is 24.5 Å². The van der Waals surface area contributed by atoms with Crippen LogP contribution in [0.1, 0.15) is 29.8 Å². The molecular formula is C24H32N2O4S. The molecule has 0 aliphatic carbocycles. The summed E-state index contributed by atoms with van der Waals surface area (Å²) in [4.78, 5) is 18.5. The normalized spacial score (nSPS) is 16.6. The van der Waals surface area contributed by atoms with Gasteiger partial charge in [0.05, 0.1) is 25.8 Å². The first kappa shape index (κ1) is 23.3. The van der Waals surface area contributed by atoms with Gasteiger partial charge in [-0.15, -0.1) is 17.9 Å². The van der Waals surface area contributed by atoms with Crippen molar-refractivity contribution in [1.82, 2.24) is 9.80 Å². The van der Waals surface area contributed by atoms with Crippen molar-refractivity contribution in [2.45, 2.75) is 31.9 Å². The maximum atomic E-state index is 13.3. The highest BCUT2D eigenvalue weighted by Crippen LogP contribution is 2.35. The highest BCUT2D eigenvalue weighted by molar-refractivity contribution is 7.10. The van der Waals surface area contributed by atoms with Gasteiger partial charge in [0.2, 0.25) is 5.91 Å². The average Bonchev–Trinajstić information content (AvgIpc) is 3.26. The summed E-state index contributed by atoms with van der Waals surface area (Å²) in [6, 6.07) is 9.48. The number of carbonyl (C=O) groups excluding carboxylic acids is 1. The Morgan fingerprint density at radius 3 is 2.87 bits per heavy atom. The van der Waals surface area contributed by atoms with Crippen LogP contribution in [0.3, 0.4) is 0 Å². The number of aliphatic hydroxyl groups is 1. The lowest BCUT2D eigenvalue weighted by Gasteiger charge is -2.37. The number of fused-ring (bicyclic) bond motifs is 1. The first-order valence-corrected chi connectivity index (χ1v) is 11.6. The molecule has 0 saturated heterocycles. The number of para-hydroxylation sites is 2. The molecule has 1 N–H and O–H groups in total. The highest BCUT2D eigenvalue weighted by atomic mass is 32.1. The molecule has 2 atom stereocenters. The summed E-state index contributed by atoms with van der Waals surface area (Å²) in [5.74, 6) is 1.38. The van der Waals surface area contributed by atoms with E-state index >= 15 is 0 Å². The Hall–Kier alpha value is -2.35. The molecule has 0 fully saturated rings. The van der Waals surface area contributed by atoms with Gasteiger partial charge >= 0.3 is 0 Å². The van der Waals surface area contributed by atoms with Crippen molar-refractivity contribution in [1.29, 1.82) is 0 Å². The van der Waals surface area contributed by atoms with Gasteiger partial charge in [-0.2, -0.15) is 0 Å². The second-order valence-corrected chi connectivity index (χ2v) is 8.66. The number of amides is 1. The molecule has 2 heterocycles. The van der Waals surface area contributed by atoms with E-state index < -0.39 is 6.10 Å². The number of hydrogen-bond donors (Lipinski definition) is 1. The van der Waals surface area contributed by atoms with E-state index in [1.807, 2.05) is 41.0 Å². The minimum absolute atomic E-state index is 0.0376. The zero-order valence-electron chi connectivity index (χ0n) is 18.3. The number of thiophene rings is 1. The molecular weight excluding hydrogens is 412 g/mol. The second kappa shape index (κ2) is 11.3. The molecule has 0 saturated carbocycles. The van der Waals surface area contributed by atoms with Gasteiger partial charge < -0.3 is 19.5 Å². The van der Waals surface area contributed by atoms with Crippen LogP contribution in [0.4, 0.5) is 0 Å². The molecule has 1 aliphatic rings. The molecule has 0 unspecified atom stereocenters. The first-order valence-electron chi connectivity index (χ1n) is 10.7. The van der Waals surface area contributed by atoms with E-state index in [1.165, 1.54) is 4.88 Å². The number of aliphatic hydroxyl groups excluding tert-OH is 1. The number of rotatable bonds is 11.